The third-order valence-electron chi connectivity index (χ3n) is 3.24. The van der Waals surface area contributed by atoms with Crippen LogP contribution < -0.4 is 4.90 Å². The predicted octanol–water partition coefficient (Wildman–Crippen LogP) is 0.514. The lowest BCUT2D eigenvalue weighted by atomic mass is 10.1. The Kier molecular flexibility index (Phi) is 4.57. The van der Waals surface area contributed by atoms with Gasteiger partial charge in [0.05, 0.1) is 24.0 Å². The highest BCUT2D eigenvalue weighted by Gasteiger charge is 2.33. The lowest BCUT2D eigenvalue weighted by molar-refractivity contribution is -0.150. The van der Waals surface area contributed by atoms with Crippen LogP contribution in [0.25, 0.3) is 0 Å². The Balaban J connectivity index is 2.07. The van der Waals surface area contributed by atoms with Crippen molar-refractivity contribution in [3.05, 3.63) is 18.0 Å². The van der Waals surface area contributed by atoms with Crippen molar-refractivity contribution < 1.29 is 9.84 Å². The van der Waals surface area contributed by atoms with Crippen molar-refractivity contribution in [2.24, 2.45) is 0 Å². The van der Waals surface area contributed by atoms with Crippen LogP contribution >= 0.6 is 0 Å². The summed E-state index contributed by atoms with van der Waals surface area (Å²) in [6.45, 7) is 6.44. The number of nitrogens with zero attached hydrogens (tertiary/aromatic N) is 4. The van der Waals surface area contributed by atoms with E-state index >= 15 is 0 Å². The first kappa shape index (κ1) is 15.2. The van der Waals surface area contributed by atoms with Crippen LogP contribution in [-0.2, 0) is 11.3 Å². The summed E-state index contributed by atoms with van der Waals surface area (Å²) in [4.78, 5) is 12.9. The number of morpholine rings is 1. The zero-order chi connectivity index (χ0) is 14.8. The van der Waals surface area contributed by atoms with Crippen molar-refractivity contribution in [1.82, 2.24) is 14.9 Å². The number of anilines is 1. The first-order chi connectivity index (χ1) is 9.39. The Morgan fingerprint density at radius 1 is 1.50 bits per heavy atom. The molecule has 1 aromatic heterocycles. The molecule has 0 aromatic carbocycles. The molecule has 1 aromatic rings. The topological polar surface area (TPSA) is 61.7 Å². The molecule has 0 amide bonds. The Bertz CT molecular complexity index is 451. The summed E-state index contributed by atoms with van der Waals surface area (Å²) >= 11 is 0. The van der Waals surface area contributed by atoms with E-state index in [1.807, 2.05) is 38.9 Å². The van der Waals surface area contributed by atoms with Crippen LogP contribution in [0.3, 0.4) is 0 Å². The van der Waals surface area contributed by atoms with Gasteiger partial charge in [0, 0.05) is 39.9 Å². The van der Waals surface area contributed by atoms with Crippen molar-refractivity contribution in [1.29, 1.82) is 0 Å². The molecule has 112 valence electrons. The molecule has 2 heterocycles. The molecule has 1 saturated heterocycles. The maximum absolute atomic E-state index is 9.34. The summed E-state index contributed by atoms with van der Waals surface area (Å²) in [5.41, 5.74) is 0.737. The fourth-order valence-corrected chi connectivity index (χ4v) is 2.55. The monoisotopic (exact) mass is 280 g/mol. The van der Waals surface area contributed by atoms with Crippen molar-refractivity contribution in [2.45, 2.75) is 32.1 Å². The van der Waals surface area contributed by atoms with Gasteiger partial charge >= 0.3 is 0 Å². The van der Waals surface area contributed by atoms with E-state index in [2.05, 4.69) is 14.9 Å². The number of hydrogen-bond donors (Lipinski definition) is 1. The molecular weight excluding hydrogens is 256 g/mol. The Labute approximate surface area is 120 Å². The van der Waals surface area contributed by atoms with Gasteiger partial charge in [0.1, 0.15) is 0 Å². The van der Waals surface area contributed by atoms with Gasteiger partial charge in [-0.25, -0.2) is 9.97 Å². The summed E-state index contributed by atoms with van der Waals surface area (Å²) in [7, 11) is 3.86. The van der Waals surface area contributed by atoms with Gasteiger partial charge in [0.25, 0.3) is 0 Å². The van der Waals surface area contributed by atoms with E-state index in [1.54, 1.807) is 6.20 Å². The number of aliphatic hydroxyl groups is 1. The fourth-order valence-electron chi connectivity index (χ4n) is 2.55. The lowest BCUT2D eigenvalue weighted by Crippen LogP contribution is -2.53. The number of ether oxygens (including phenoxy) is 1. The number of hydrogen-bond acceptors (Lipinski definition) is 6. The molecule has 1 atom stereocenters. The highest BCUT2D eigenvalue weighted by molar-refractivity contribution is 5.27. The molecule has 1 aliphatic rings. The fraction of sp³-hybridized carbons (Fsp3) is 0.714. The second-order valence-corrected chi connectivity index (χ2v) is 6.09. The third kappa shape index (κ3) is 3.88. The first-order valence-corrected chi connectivity index (χ1v) is 6.90. The molecule has 2 rings (SSSR count). The Hall–Kier alpha value is -1.24. The largest absolute Gasteiger partial charge is 0.394 e. The molecule has 6 heteroatoms. The molecule has 1 N–H and O–H groups in total. The molecule has 0 bridgehead atoms. The van der Waals surface area contributed by atoms with E-state index < -0.39 is 0 Å². The van der Waals surface area contributed by atoms with E-state index in [0.717, 1.165) is 25.3 Å². The molecule has 0 unspecified atom stereocenters. The van der Waals surface area contributed by atoms with E-state index in [-0.39, 0.29) is 18.3 Å². The molecule has 1 fully saturated rings. The van der Waals surface area contributed by atoms with Crippen LogP contribution in [0.5, 0.6) is 0 Å². The first-order valence-electron chi connectivity index (χ1n) is 6.90. The maximum atomic E-state index is 9.34. The average Bonchev–Trinajstić information content (AvgIpc) is 2.37. The van der Waals surface area contributed by atoms with Gasteiger partial charge in [0.15, 0.2) is 0 Å². The minimum Gasteiger partial charge on any atom is -0.394 e. The van der Waals surface area contributed by atoms with Gasteiger partial charge in [-0.2, -0.15) is 0 Å². The Morgan fingerprint density at radius 3 is 2.90 bits per heavy atom. The quantitative estimate of drug-likeness (QED) is 0.867. The molecule has 0 aliphatic carbocycles. The summed E-state index contributed by atoms with van der Waals surface area (Å²) in [5, 5.41) is 9.34. The van der Waals surface area contributed by atoms with Crippen LogP contribution in [0, 0.1) is 0 Å². The van der Waals surface area contributed by atoms with Crippen LogP contribution in [0.1, 0.15) is 19.5 Å². The summed E-state index contributed by atoms with van der Waals surface area (Å²) < 4.78 is 5.82. The summed E-state index contributed by atoms with van der Waals surface area (Å²) in [6, 6.07) is 1.93. The molecular formula is C14H24N4O2. The number of aromatic nitrogens is 2. The summed E-state index contributed by atoms with van der Waals surface area (Å²) in [6.07, 6.45) is 1.65. The smallest absolute Gasteiger partial charge is 0.225 e. The molecule has 20 heavy (non-hydrogen) atoms. The summed E-state index contributed by atoms with van der Waals surface area (Å²) in [5.74, 6) is 0.716. The zero-order valence-corrected chi connectivity index (χ0v) is 12.7. The SMILES string of the molecule is CN(C)c1nccc(CN2C[C@H](CO)OC(C)(C)C2)n1. The minimum absolute atomic E-state index is 0.0483. The van der Waals surface area contributed by atoms with Gasteiger partial charge in [0.2, 0.25) is 5.95 Å². The van der Waals surface area contributed by atoms with Crippen LogP contribution in [-0.4, -0.2) is 65.5 Å². The van der Waals surface area contributed by atoms with Crippen LogP contribution in [0.2, 0.25) is 0 Å². The van der Waals surface area contributed by atoms with E-state index in [4.69, 9.17) is 4.74 Å². The number of rotatable bonds is 4. The predicted molar refractivity (Wildman–Crippen MR) is 77.7 cm³/mol. The second-order valence-electron chi connectivity index (χ2n) is 6.09. The molecule has 0 radical (unpaired) electrons. The van der Waals surface area contributed by atoms with Crippen molar-refractivity contribution in [3.8, 4) is 0 Å². The standard InChI is InChI=1S/C14H24N4O2/c1-14(2)10-18(8-12(9-19)20-14)7-11-5-6-15-13(16-11)17(3)4/h5-6,12,19H,7-10H2,1-4H3/t12-/m1/s1. The van der Waals surface area contributed by atoms with Crippen LogP contribution in [0.15, 0.2) is 12.3 Å². The van der Waals surface area contributed by atoms with E-state index in [9.17, 15) is 5.11 Å². The van der Waals surface area contributed by atoms with E-state index in [1.165, 1.54) is 0 Å². The molecule has 0 saturated carbocycles. The van der Waals surface area contributed by atoms with Gasteiger partial charge in [-0.05, 0) is 19.9 Å². The lowest BCUT2D eigenvalue weighted by Gasteiger charge is -2.42. The van der Waals surface area contributed by atoms with Crippen LogP contribution in [0.4, 0.5) is 5.95 Å². The van der Waals surface area contributed by atoms with Crippen molar-refractivity contribution >= 4 is 5.95 Å². The van der Waals surface area contributed by atoms with Gasteiger partial charge in [-0.1, -0.05) is 0 Å². The van der Waals surface area contributed by atoms with Crippen molar-refractivity contribution in [2.75, 3.05) is 38.7 Å². The highest BCUT2D eigenvalue weighted by Crippen LogP contribution is 2.22. The Morgan fingerprint density at radius 2 is 2.25 bits per heavy atom. The van der Waals surface area contributed by atoms with Gasteiger partial charge in [-0.3, -0.25) is 4.90 Å². The van der Waals surface area contributed by atoms with E-state index in [0.29, 0.717) is 5.95 Å². The zero-order valence-electron chi connectivity index (χ0n) is 12.7. The van der Waals surface area contributed by atoms with Crippen molar-refractivity contribution in [3.63, 3.8) is 0 Å². The normalized spacial score (nSPS) is 22.8. The number of aliphatic hydroxyl groups excluding tert-OH is 1. The molecule has 1 aliphatic heterocycles. The second kappa shape index (κ2) is 6.03. The maximum Gasteiger partial charge on any atom is 0.225 e. The van der Waals surface area contributed by atoms with Gasteiger partial charge < -0.3 is 14.7 Å². The minimum atomic E-state index is -0.247. The molecule has 6 nitrogen and oxygen atoms in total. The highest BCUT2D eigenvalue weighted by atomic mass is 16.5. The van der Waals surface area contributed by atoms with Gasteiger partial charge in [-0.15, -0.1) is 0 Å². The molecule has 0 spiro atoms. The average molecular weight is 280 g/mol. The third-order valence-corrected chi connectivity index (χ3v) is 3.24.